The van der Waals surface area contributed by atoms with Gasteiger partial charge in [0.05, 0.1) is 23.4 Å². The summed E-state index contributed by atoms with van der Waals surface area (Å²) < 4.78 is 46.4. The van der Waals surface area contributed by atoms with Crippen LogP contribution in [-0.4, -0.2) is 35.2 Å². The molecule has 0 spiro atoms. The smallest absolute Gasteiger partial charge is 0.418 e. The highest BCUT2D eigenvalue weighted by atomic mass is 19.4. The number of alkyl halides is 3. The number of amides is 1. The molecule has 0 saturated carbocycles. The first kappa shape index (κ1) is 28.4. The summed E-state index contributed by atoms with van der Waals surface area (Å²) in [5, 5.41) is 16.8. The van der Waals surface area contributed by atoms with Crippen molar-refractivity contribution in [3.05, 3.63) is 71.4 Å². The number of anilines is 1. The molecule has 3 N–H and O–H groups in total. The van der Waals surface area contributed by atoms with Crippen molar-refractivity contribution in [3.63, 3.8) is 0 Å². The van der Waals surface area contributed by atoms with E-state index in [9.17, 15) is 23.1 Å². The van der Waals surface area contributed by atoms with E-state index in [1.54, 1.807) is 12.1 Å². The molecule has 1 fully saturated rings. The zero-order valence-corrected chi connectivity index (χ0v) is 22.4. The second-order valence-corrected chi connectivity index (χ2v) is 10.8. The van der Waals surface area contributed by atoms with Crippen LogP contribution in [-0.2, 0) is 11.6 Å². The summed E-state index contributed by atoms with van der Waals surface area (Å²) in [6.45, 7) is 7.82. The maximum Gasteiger partial charge on any atom is 0.418 e. The number of ether oxygens (including phenoxy) is 1. The SMILES string of the molecule is CC(C)(C)c1ccc(NC(=O)c2ccc(-c3ncccc3C(F)(F)F)cc2O)cc1OCCC1CCCCN1. The number of nitrogens with zero attached hydrogens (tertiary/aromatic N) is 1. The Labute approximate surface area is 226 Å². The molecule has 2 aromatic carbocycles. The Bertz CT molecular complexity index is 1310. The number of hydrogen-bond acceptors (Lipinski definition) is 5. The van der Waals surface area contributed by atoms with Crippen LogP contribution in [0.2, 0.25) is 0 Å². The number of phenols is 1. The van der Waals surface area contributed by atoms with Gasteiger partial charge in [-0.15, -0.1) is 0 Å². The molecule has 6 nitrogen and oxygen atoms in total. The highest BCUT2D eigenvalue weighted by Crippen LogP contribution is 2.37. The van der Waals surface area contributed by atoms with E-state index in [0.717, 1.165) is 37.1 Å². The molecule has 0 aliphatic carbocycles. The third kappa shape index (κ3) is 7.09. The van der Waals surface area contributed by atoms with Crippen LogP contribution in [0.5, 0.6) is 11.5 Å². The van der Waals surface area contributed by atoms with E-state index in [-0.39, 0.29) is 22.2 Å². The lowest BCUT2D eigenvalue weighted by Gasteiger charge is -2.26. The van der Waals surface area contributed by atoms with Gasteiger partial charge in [-0.25, -0.2) is 0 Å². The number of hydrogen-bond donors (Lipinski definition) is 3. The van der Waals surface area contributed by atoms with Crippen LogP contribution in [0, 0.1) is 0 Å². The number of nitrogens with one attached hydrogen (secondary N) is 2. The Kier molecular flexibility index (Phi) is 8.49. The lowest BCUT2D eigenvalue weighted by Crippen LogP contribution is -2.35. The number of rotatable bonds is 7. The molecule has 0 radical (unpaired) electrons. The van der Waals surface area contributed by atoms with E-state index in [1.807, 2.05) is 6.07 Å². The summed E-state index contributed by atoms with van der Waals surface area (Å²) in [7, 11) is 0. The monoisotopic (exact) mass is 541 g/mol. The van der Waals surface area contributed by atoms with Gasteiger partial charge in [0.15, 0.2) is 0 Å². The Morgan fingerprint density at radius 2 is 1.90 bits per heavy atom. The molecule has 39 heavy (non-hydrogen) atoms. The predicted molar refractivity (Wildman–Crippen MR) is 145 cm³/mol. The number of pyridine rings is 1. The number of halogens is 3. The normalized spacial score (nSPS) is 16.1. The number of phenolic OH excluding ortho intramolecular Hbond substituents is 1. The molecule has 1 aliphatic heterocycles. The molecule has 1 unspecified atom stereocenters. The van der Waals surface area contributed by atoms with Gasteiger partial charge in [0.1, 0.15) is 11.5 Å². The fraction of sp³-hybridized carbons (Fsp3) is 0.400. The quantitative estimate of drug-likeness (QED) is 0.302. The van der Waals surface area contributed by atoms with Crippen molar-refractivity contribution < 1.29 is 27.8 Å². The van der Waals surface area contributed by atoms with E-state index in [4.69, 9.17) is 4.74 Å². The maximum absolute atomic E-state index is 13.4. The average Bonchev–Trinajstić information content (AvgIpc) is 2.88. The Morgan fingerprint density at radius 3 is 2.56 bits per heavy atom. The molecule has 0 bridgehead atoms. The maximum atomic E-state index is 13.4. The standard InChI is InChI=1S/C30H34F3N3O3/c1-29(2,3)23-12-10-21(18-26(23)39-16-13-20-7-4-5-14-34-20)36-28(38)22-11-9-19(17-25(22)37)27-24(30(31,32)33)8-6-15-35-27/h6,8-12,15,17-18,20,34,37H,4-5,7,13-14,16H2,1-3H3,(H,36,38). The van der Waals surface area contributed by atoms with E-state index in [2.05, 4.69) is 36.4 Å². The second kappa shape index (κ2) is 11.7. The summed E-state index contributed by atoms with van der Waals surface area (Å²) in [6, 6.07) is 11.7. The molecule has 1 aliphatic rings. The van der Waals surface area contributed by atoms with Crippen LogP contribution in [0.3, 0.4) is 0 Å². The van der Waals surface area contributed by atoms with E-state index in [0.29, 0.717) is 24.1 Å². The van der Waals surface area contributed by atoms with Gasteiger partial charge in [-0.3, -0.25) is 9.78 Å². The van der Waals surface area contributed by atoms with Crippen molar-refractivity contribution in [2.75, 3.05) is 18.5 Å². The minimum atomic E-state index is -4.61. The van der Waals surface area contributed by atoms with Gasteiger partial charge >= 0.3 is 6.18 Å². The van der Waals surface area contributed by atoms with Gasteiger partial charge in [0.25, 0.3) is 5.91 Å². The fourth-order valence-corrected chi connectivity index (χ4v) is 4.75. The van der Waals surface area contributed by atoms with Gasteiger partial charge < -0.3 is 20.5 Å². The fourth-order valence-electron chi connectivity index (χ4n) is 4.75. The molecular weight excluding hydrogens is 507 g/mol. The summed E-state index contributed by atoms with van der Waals surface area (Å²) in [6.07, 6.45) is 1.06. The van der Waals surface area contributed by atoms with Crippen LogP contribution in [0.25, 0.3) is 11.3 Å². The molecule has 208 valence electrons. The molecule has 3 aromatic rings. The van der Waals surface area contributed by atoms with E-state index in [1.165, 1.54) is 37.2 Å². The number of carbonyl (C=O) groups is 1. The molecule has 4 rings (SSSR count). The summed E-state index contributed by atoms with van der Waals surface area (Å²) >= 11 is 0. The van der Waals surface area contributed by atoms with Crippen molar-refractivity contribution in [2.24, 2.45) is 0 Å². The van der Waals surface area contributed by atoms with Gasteiger partial charge in [0, 0.05) is 29.6 Å². The third-order valence-corrected chi connectivity index (χ3v) is 6.81. The molecule has 1 saturated heterocycles. The number of benzene rings is 2. The number of aromatic nitrogens is 1. The zero-order chi connectivity index (χ0) is 28.2. The first-order chi connectivity index (χ1) is 18.4. The van der Waals surface area contributed by atoms with Crippen LogP contribution in [0.4, 0.5) is 18.9 Å². The predicted octanol–water partition coefficient (Wildman–Crippen LogP) is 6.93. The van der Waals surface area contributed by atoms with Crippen LogP contribution in [0.15, 0.2) is 54.7 Å². The Hall–Kier alpha value is -3.59. The number of aromatic hydroxyl groups is 1. The lowest BCUT2D eigenvalue weighted by atomic mass is 9.86. The van der Waals surface area contributed by atoms with Crippen molar-refractivity contribution in [3.8, 4) is 22.8 Å². The first-order valence-electron chi connectivity index (χ1n) is 13.1. The van der Waals surface area contributed by atoms with E-state index < -0.39 is 23.4 Å². The third-order valence-electron chi connectivity index (χ3n) is 6.81. The van der Waals surface area contributed by atoms with Crippen LogP contribution >= 0.6 is 0 Å². The minimum absolute atomic E-state index is 0.0506. The summed E-state index contributed by atoms with van der Waals surface area (Å²) in [5.41, 5.74) is 0.0215. The Morgan fingerprint density at radius 1 is 1.10 bits per heavy atom. The highest BCUT2D eigenvalue weighted by Gasteiger charge is 2.34. The highest BCUT2D eigenvalue weighted by molar-refractivity contribution is 6.06. The van der Waals surface area contributed by atoms with Gasteiger partial charge in [-0.1, -0.05) is 39.3 Å². The summed E-state index contributed by atoms with van der Waals surface area (Å²) in [5.74, 6) is -0.381. The average molecular weight is 542 g/mol. The molecule has 9 heteroatoms. The van der Waals surface area contributed by atoms with E-state index >= 15 is 0 Å². The Balaban J connectivity index is 1.51. The lowest BCUT2D eigenvalue weighted by molar-refractivity contribution is -0.137. The van der Waals surface area contributed by atoms with Crippen molar-refractivity contribution >= 4 is 11.6 Å². The van der Waals surface area contributed by atoms with Crippen LogP contribution < -0.4 is 15.4 Å². The van der Waals surface area contributed by atoms with Gasteiger partial charge in [-0.2, -0.15) is 13.2 Å². The van der Waals surface area contributed by atoms with Gasteiger partial charge in [-0.05, 0) is 67.1 Å². The summed E-state index contributed by atoms with van der Waals surface area (Å²) in [4.78, 5) is 16.8. The largest absolute Gasteiger partial charge is 0.507 e. The number of piperidine rings is 1. The molecule has 1 atom stereocenters. The second-order valence-electron chi connectivity index (χ2n) is 10.8. The van der Waals surface area contributed by atoms with Crippen molar-refractivity contribution in [2.45, 2.75) is 64.1 Å². The minimum Gasteiger partial charge on any atom is -0.507 e. The van der Waals surface area contributed by atoms with Gasteiger partial charge in [0.2, 0.25) is 0 Å². The molecular formula is C30H34F3N3O3. The van der Waals surface area contributed by atoms with Crippen molar-refractivity contribution in [1.29, 1.82) is 0 Å². The molecule has 2 heterocycles. The zero-order valence-electron chi connectivity index (χ0n) is 22.4. The molecule has 1 aromatic heterocycles. The topological polar surface area (TPSA) is 83.5 Å². The van der Waals surface area contributed by atoms with Crippen LogP contribution in [0.1, 0.15) is 67.9 Å². The first-order valence-corrected chi connectivity index (χ1v) is 13.1. The van der Waals surface area contributed by atoms with Crippen molar-refractivity contribution in [1.82, 2.24) is 10.3 Å². The molecule has 1 amide bonds. The number of carbonyl (C=O) groups excluding carboxylic acids is 1.